The van der Waals surface area contributed by atoms with Crippen LogP contribution in [0.4, 0.5) is 4.39 Å². The minimum atomic E-state index is -0.0925. The predicted molar refractivity (Wildman–Crippen MR) is 63.7 cm³/mol. The summed E-state index contributed by atoms with van der Waals surface area (Å²) in [7, 11) is 0. The van der Waals surface area contributed by atoms with Crippen molar-refractivity contribution in [2.75, 3.05) is 12.3 Å². The van der Waals surface area contributed by atoms with E-state index in [1.54, 1.807) is 6.07 Å². The molecular formula is C12H16FNS. The number of halogens is 1. The van der Waals surface area contributed by atoms with Gasteiger partial charge in [-0.2, -0.15) is 11.8 Å². The summed E-state index contributed by atoms with van der Waals surface area (Å²) in [5, 5.41) is 4.08. The van der Waals surface area contributed by atoms with Gasteiger partial charge in [0.15, 0.2) is 0 Å². The lowest BCUT2D eigenvalue weighted by Gasteiger charge is -2.16. The van der Waals surface area contributed by atoms with Crippen LogP contribution in [0.2, 0.25) is 0 Å². The molecule has 1 aliphatic rings. The van der Waals surface area contributed by atoms with Crippen molar-refractivity contribution in [3.63, 3.8) is 0 Å². The maximum absolute atomic E-state index is 13.6. The maximum Gasteiger partial charge on any atom is 0.128 e. The number of hydrogen-bond acceptors (Lipinski definition) is 2. The van der Waals surface area contributed by atoms with E-state index in [1.165, 1.54) is 6.07 Å². The van der Waals surface area contributed by atoms with Crippen molar-refractivity contribution in [2.24, 2.45) is 0 Å². The van der Waals surface area contributed by atoms with Gasteiger partial charge in [0, 0.05) is 22.6 Å². The topological polar surface area (TPSA) is 12.0 Å². The Morgan fingerprint density at radius 2 is 2.20 bits per heavy atom. The Kier molecular flexibility index (Phi) is 3.65. The standard InChI is InChI=1S/C12H16FNS/c1-9-6-7-14-12(8-15-9)10-4-2-3-5-11(10)13/h2-5,9,12,14H,6-8H2,1H3. The molecule has 0 saturated carbocycles. The van der Waals surface area contributed by atoms with E-state index in [0.717, 1.165) is 24.3 Å². The van der Waals surface area contributed by atoms with Crippen molar-refractivity contribution < 1.29 is 4.39 Å². The van der Waals surface area contributed by atoms with Crippen LogP contribution in [0.25, 0.3) is 0 Å². The Labute approximate surface area is 94.5 Å². The van der Waals surface area contributed by atoms with Gasteiger partial charge in [0.1, 0.15) is 5.82 Å². The van der Waals surface area contributed by atoms with Crippen LogP contribution in [0, 0.1) is 5.82 Å². The first-order valence-corrected chi connectivity index (χ1v) is 6.41. The fourth-order valence-corrected chi connectivity index (χ4v) is 2.92. The minimum absolute atomic E-state index is 0.0925. The molecule has 15 heavy (non-hydrogen) atoms. The van der Waals surface area contributed by atoms with Crippen LogP contribution >= 0.6 is 11.8 Å². The van der Waals surface area contributed by atoms with Crippen LogP contribution in [0.3, 0.4) is 0 Å². The molecule has 0 bridgehead atoms. The lowest BCUT2D eigenvalue weighted by Crippen LogP contribution is -2.23. The van der Waals surface area contributed by atoms with Gasteiger partial charge in [-0.15, -0.1) is 0 Å². The zero-order valence-electron chi connectivity index (χ0n) is 8.87. The quantitative estimate of drug-likeness (QED) is 0.788. The number of hydrogen-bond donors (Lipinski definition) is 1. The van der Waals surface area contributed by atoms with Crippen molar-refractivity contribution in [2.45, 2.75) is 24.6 Å². The first kappa shape index (κ1) is 11.0. The molecule has 0 radical (unpaired) electrons. The zero-order valence-corrected chi connectivity index (χ0v) is 9.69. The summed E-state index contributed by atoms with van der Waals surface area (Å²) < 4.78 is 13.6. The van der Waals surface area contributed by atoms with E-state index in [1.807, 2.05) is 23.9 Å². The number of thioether (sulfide) groups is 1. The molecule has 0 aromatic heterocycles. The zero-order chi connectivity index (χ0) is 10.7. The number of nitrogens with one attached hydrogen (secondary N) is 1. The summed E-state index contributed by atoms with van der Waals surface area (Å²) in [6.45, 7) is 3.21. The SMILES string of the molecule is CC1CCNC(c2ccccc2F)CS1. The predicted octanol–water partition coefficient (Wildman–Crippen LogP) is 2.98. The highest BCUT2D eigenvalue weighted by molar-refractivity contribution is 7.99. The van der Waals surface area contributed by atoms with Gasteiger partial charge in [-0.1, -0.05) is 25.1 Å². The van der Waals surface area contributed by atoms with Gasteiger partial charge in [0.25, 0.3) is 0 Å². The fraction of sp³-hybridized carbons (Fsp3) is 0.500. The van der Waals surface area contributed by atoms with E-state index >= 15 is 0 Å². The highest BCUT2D eigenvalue weighted by Crippen LogP contribution is 2.27. The average molecular weight is 225 g/mol. The third-order valence-electron chi connectivity index (χ3n) is 2.77. The lowest BCUT2D eigenvalue weighted by atomic mass is 10.1. The molecular weight excluding hydrogens is 209 g/mol. The van der Waals surface area contributed by atoms with Crippen molar-refractivity contribution in [1.29, 1.82) is 0 Å². The van der Waals surface area contributed by atoms with Crippen molar-refractivity contribution >= 4 is 11.8 Å². The first-order chi connectivity index (χ1) is 7.27. The first-order valence-electron chi connectivity index (χ1n) is 5.37. The number of rotatable bonds is 1. The molecule has 0 aliphatic carbocycles. The Hall–Kier alpha value is -0.540. The summed E-state index contributed by atoms with van der Waals surface area (Å²) in [6.07, 6.45) is 1.16. The van der Waals surface area contributed by atoms with Gasteiger partial charge in [0.05, 0.1) is 0 Å². The summed E-state index contributed by atoms with van der Waals surface area (Å²) in [4.78, 5) is 0. The van der Waals surface area contributed by atoms with E-state index in [9.17, 15) is 4.39 Å². The lowest BCUT2D eigenvalue weighted by molar-refractivity contribution is 0.534. The molecule has 0 amide bonds. The van der Waals surface area contributed by atoms with Gasteiger partial charge in [0.2, 0.25) is 0 Å². The molecule has 1 nitrogen and oxygen atoms in total. The summed E-state index contributed by atoms with van der Waals surface area (Å²) in [5.74, 6) is 0.868. The van der Waals surface area contributed by atoms with E-state index in [-0.39, 0.29) is 11.9 Å². The second-order valence-electron chi connectivity index (χ2n) is 3.96. The highest BCUT2D eigenvalue weighted by Gasteiger charge is 2.19. The van der Waals surface area contributed by atoms with Crippen molar-refractivity contribution in [3.8, 4) is 0 Å². The Morgan fingerprint density at radius 1 is 1.40 bits per heavy atom. The van der Waals surface area contributed by atoms with Crippen LogP contribution in [0.5, 0.6) is 0 Å². The van der Waals surface area contributed by atoms with E-state index in [2.05, 4.69) is 12.2 Å². The van der Waals surface area contributed by atoms with Crippen LogP contribution in [0.1, 0.15) is 24.9 Å². The van der Waals surface area contributed by atoms with Gasteiger partial charge in [-0.25, -0.2) is 4.39 Å². The monoisotopic (exact) mass is 225 g/mol. The second-order valence-corrected chi connectivity index (χ2v) is 5.43. The van der Waals surface area contributed by atoms with Crippen LogP contribution in [-0.4, -0.2) is 17.5 Å². The van der Waals surface area contributed by atoms with Gasteiger partial charge < -0.3 is 5.32 Å². The minimum Gasteiger partial charge on any atom is -0.309 e. The van der Waals surface area contributed by atoms with Crippen LogP contribution in [-0.2, 0) is 0 Å². The summed E-state index contributed by atoms with van der Waals surface area (Å²) in [5.41, 5.74) is 0.805. The largest absolute Gasteiger partial charge is 0.309 e. The van der Waals surface area contributed by atoms with Crippen LogP contribution < -0.4 is 5.32 Å². The summed E-state index contributed by atoms with van der Waals surface area (Å²) >= 11 is 1.92. The normalized spacial score (nSPS) is 27.3. The Bertz CT molecular complexity index is 329. The molecule has 1 N–H and O–H groups in total. The molecule has 2 rings (SSSR count). The third-order valence-corrected chi connectivity index (χ3v) is 4.10. The Balaban J connectivity index is 2.13. The van der Waals surface area contributed by atoms with E-state index in [0.29, 0.717) is 5.25 Å². The summed E-state index contributed by atoms with van der Waals surface area (Å²) in [6, 6.07) is 7.23. The average Bonchev–Trinajstić information content (AvgIpc) is 2.44. The molecule has 1 aromatic rings. The van der Waals surface area contributed by atoms with Crippen molar-refractivity contribution in [3.05, 3.63) is 35.6 Å². The second kappa shape index (κ2) is 4.99. The van der Waals surface area contributed by atoms with E-state index in [4.69, 9.17) is 0 Å². The molecule has 1 fully saturated rings. The third kappa shape index (κ3) is 2.73. The maximum atomic E-state index is 13.6. The molecule has 2 atom stereocenters. The molecule has 0 spiro atoms. The molecule has 1 aliphatic heterocycles. The Morgan fingerprint density at radius 3 is 3.00 bits per heavy atom. The van der Waals surface area contributed by atoms with E-state index < -0.39 is 0 Å². The smallest absolute Gasteiger partial charge is 0.128 e. The van der Waals surface area contributed by atoms with Gasteiger partial charge in [-0.3, -0.25) is 0 Å². The number of benzene rings is 1. The highest BCUT2D eigenvalue weighted by atomic mass is 32.2. The van der Waals surface area contributed by atoms with Crippen molar-refractivity contribution in [1.82, 2.24) is 5.32 Å². The molecule has 1 aromatic carbocycles. The molecule has 2 unspecified atom stereocenters. The van der Waals surface area contributed by atoms with Gasteiger partial charge >= 0.3 is 0 Å². The molecule has 82 valence electrons. The molecule has 1 saturated heterocycles. The fourth-order valence-electron chi connectivity index (χ4n) is 1.82. The molecule has 3 heteroatoms. The van der Waals surface area contributed by atoms with Crippen LogP contribution in [0.15, 0.2) is 24.3 Å². The molecule has 1 heterocycles. The van der Waals surface area contributed by atoms with Gasteiger partial charge in [-0.05, 0) is 19.0 Å².